The molecule has 0 unspecified atom stereocenters. The molecule has 0 aliphatic rings. The lowest BCUT2D eigenvalue weighted by atomic mass is 10.1. The summed E-state index contributed by atoms with van der Waals surface area (Å²) in [5.74, 6) is 0.107. The van der Waals surface area contributed by atoms with E-state index < -0.39 is 0 Å². The second kappa shape index (κ2) is 7.31. The van der Waals surface area contributed by atoms with Crippen LogP contribution >= 0.6 is 11.3 Å². The second-order valence-electron chi connectivity index (χ2n) is 5.01. The number of hydrogen-bond acceptors (Lipinski definition) is 4. The zero-order valence-electron chi connectivity index (χ0n) is 12.8. The van der Waals surface area contributed by atoms with Gasteiger partial charge in [-0.1, -0.05) is 55.4 Å². The van der Waals surface area contributed by atoms with Crippen LogP contribution < -0.4 is 4.90 Å². The van der Waals surface area contributed by atoms with Crippen LogP contribution in [-0.2, 0) is 4.79 Å². The number of nitrogens with zero attached hydrogens (tertiary/aromatic N) is 3. The number of anilines is 1. The maximum atomic E-state index is 12.1. The van der Waals surface area contributed by atoms with Gasteiger partial charge in [0.2, 0.25) is 11.0 Å². The Hall–Kier alpha value is -1.75. The maximum absolute atomic E-state index is 12.1. The van der Waals surface area contributed by atoms with Gasteiger partial charge in [-0.2, -0.15) is 0 Å². The molecule has 0 aliphatic carbocycles. The van der Waals surface area contributed by atoms with E-state index in [1.807, 2.05) is 19.1 Å². The molecule has 0 atom stereocenters. The maximum Gasteiger partial charge on any atom is 0.228 e. The Morgan fingerprint density at radius 3 is 2.76 bits per heavy atom. The molecule has 0 fully saturated rings. The Kier molecular flexibility index (Phi) is 5.44. The Balaban J connectivity index is 2.25. The molecule has 5 heteroatoms. The first kappa shape index (κ1) is 15.6. The average molecular weight is 303 g/mol. The van der Waals surface area contributed by atoms with Crippen LogP contribution in [0.25, 0.3) is 10.6 Å². The quantitative estimate of drug-likeness (QED) is 0.808. The van der Waals surface area contributed by atoms with Crippen molar-refractivity contribution in [3.63, 3.8) is 0 Å². The van der Waals surface area contributed by atoms with E-state index in [0.29, 0.717) is 18.1 Å². The number of carbonyl (C=O) groups is 1. The van der Waals surface area contributed by atoms with E-state index in [9.17, 15) is 4.79 Å². The minimum absolute atomic E-state index is 0.107. The van der Waals surface area contributed by atoms with Crippen molar-refractivity contribution < 1.29 is 4.79 Å². The lowest BCUT2D eigenvalue weighted by Crippen LogP contribution is -2.31. The largest absolute Gasteiger partial charge is 0.287 e. The second-order valence-corrected chi connectivity index (χ2v) is 5.97. The molecule has 0 aliphatic heterocycles. The van der Waals surface area contributed by atoms with E-state index in [0.717, 1.165) is 23.4 Å². The van der Waals surface area contributed by atoms with Crippen molar-refractivity contribution in [3.05, 3.63) is 29.8 Å². The van der Waals surface area contributed by atoms with Crippen LogP contribution in [0.4, 0.5) is 5.13 Å². The number of aromatic nitrogens is 2. The third kappa shape index (κ3) is 3.88. The highest BCUT2D eigenvalue weighted by molar-refractivity contribution is 7.18. The molecule has 0 bridgehead atoms. The van der Waals surface area contributed by atoms with Gasteiger partial charge in [-0.3, -0.25) is 9.69 Å². The third-order valence-electron chi connectivity index (χ3n) is 3.25. The Bertz CT molecular complexity index is 609. The highest BCUT2D eigenvalue weighted by Crippen LogP contribution is 2.29. The Labute approximate surface area is 129 Å². The van der Waals surface area contributed by atoms with Gasteiger partial charge in [0.25, 0.3) is 0 Å². The Morgan fingerprint density at radius 1 is 1.29 bits per heavy atom. The number of aryl methyl sites for hydroxylation is 1. The molecular formula is C16H21N3OS. The first-order valence-corrected chi connectivity index (χ1v) is 8.18. The molecule has 2 aromatic rings. The molecule has 2 rings (SSSR count). The van der Waals surface area contributed by atoms with Gasteiger partial charge in [0.1, 0.15) is 5.01 Å². The van der Waals surface area contributed by atoms with E-state index in [1.54, 1.807) is 4.90 Å². The first-order chi connectivity index (χ1) is 10.2. The molecule has 0 spiro atoms. The van der Waals surface area contributed by atoms with Crippen LogP contribution in [0.2, 0.25) is 0 Å². The summed E-state index contributed by atoms with van der Waals surface area (Å²) < 4.78 is 0. The number of amides is 1. The summed E-state index contributed by atoms with van der Waals surface area (Å²) in [7, 11) is 0. The predicted molar refractivity (Wildman–Crippen MR) is 87.6 cm³/mol. The smallest absolute Gasteiger partial charge is 0.228 e. The van der Waals surface area contributed by atoms with Gasteiger partial charge in [-0.25, -0.2) is 0 Å². The summed E-state index contributed by atoms with van der Waals surface area (Å²) in [6.45, 7) is 6.77. The SMILES string of the molecule is CCCCN(C(=O)CC)c1nnc(-c2cccc(C)c2)s1. The van der Waals surface area contributed by atoms with Crippen LogP contribution in [0, 0.1) is 6.92 Å². The number of rotatable bonds is 6. The van der Waals surface area contributed by atoms with E-state index >= 15 is 0 Å². The fourth-order valence-corrected chi connectivity index (χ4v) is 2.94. The third-order valence-corrected chi connectivity index (χ3v) is 4.24. The Morgan fingerprint density at radius 2 is 2.10 bits per heavy atom. The van der Waals surface area contributed by atoms with Crippen molar-refractivity contribution >= 4 is 22.4 Å². The van der Waals surface area contributed by atoms with Crippen molar-refractivity contribution in [2.75, 3.05) is 11.4 Å². The van der Waals surface area contributed by atoms with Crippen molar-refractivity contribution in [2.45, 2.75) is 40.0 Å². The number of benzene rings is 1. The van der Waals surface area contributed by atoms with Gasteiger partial charge in [0.15, 0.2) is 0 Å². The number of unbranched alkanes of at least 4 members (excludes halogenated alkanes) is 1. The molecule has 112 valence electrons. The molecule has 1 heterocycles. The monoisotopic (exact) mass is 303 g/mol. The molecule has 1 amide bonds. The molecule has 21 heavy (non-hydrogen) atoms. The van der Waals surface area contributed by atoms with Crippen LogP contribution in [0.15, 0.2) is 24.3 Å². The normalized spacial score (nSPS) is 10.6. The van der Waals surface area contributed by atoms with Crippen molar-refractivity contribution in [1.82, 2.24) is 10.2 Å². The summed E-state index contributed by atoms with van der Waals surface area (Å²) in [5.41, 5.74) is 2.25. The molecule has 1 aromatic heterocycles. The number of hydrogen-bond donors (Lipinski definition) is 0. The van der Waals surface area contributed by atoms with Gasteiger partial charge < -0.3 is 0 Å². The van der Waals surface area contributed by atoms with E-state index in [-0.39, 0.29) is 5.91 Å². The zero-order chi connectivity index (χ0) is 15.2. The molecule has 0 saturated heterocycles. The highest BCUT2D eigenvalue weighted by atomic mass is 32.1. The summed E-state index contributed by atoms with van der Waals surface area (Å²) >= 11 is 1.48. The van der Waals surface area contributed by atoms with Crippen molar-refractivity contribution in [1.29, 1.82) is 0 Å². The summed E-state index contributed by atoms with van der Waals surface area (Å²) in [5, 5.41) is 10.0. The molecule has 1 aromatic carbocycles. The van der Waals surface area contributed by atoms with Crippen LogP contribution in [0.1, 0.15) is 38.7 Å². The summed E-state index contributed by atoms with van der Waals surface area (Å²) in [4.78, 5) is 13.8. The van der Waals surface area contributed by atoms with E-state index in [2.05, 4.69) is 36.2 Å². The predicted octanol–water partition coefficient (Wildman–Crippen LogP) is 4.06. The molecule has 0 N–H and O–H groups in total. The van der Waals surface area contributed by atoms with Gasteiger partial charge in [0.05, 0.1) is 0 Å². The van der Waals surface area contributed by atoms with Crippen LogP contribution in [0.3, 0.4) is 0 Å². The van der Waals surface area contributed by atoms with Gasteiger partial charge in [-0.15, -0.1) is 10.2 Å². The van der Waals surface area contributed by atoms with E-state index in [4.69, 9.17) is 0 Å². The van der Waals surface area contributed by atoms with Crippen molar-refractivity contribution in [3.8, 4) is 10.6 Å². The van der Waals surface area contributed by atoms with Crippen LogP contribution in [-0.4, -0.2) is 22.6 Å². The van der Waals surface area contributed by atoms with Crippen LogP contribution in [0.5, 0.6) is 0 Å². The topological polar surface area (TPSA) is 46.1 Å². The highest BCUT2D eigenvalue weighted by Gasteiger charge is 2.18. The zero-order valence-corrected chi connectivity index (χ0v) is 13.6. The van der Waals surface area contributed by atoms with E-state index in [1.165, 1.54) is 16.9 Å². The first-order valence-electron chi connectivity index (χ1n) is 7.36. The van der Waals surface area contributed by atoms with Crippen molar-refractivity contribution in [2.24, 2.45) is 0 Å². The lowest BCUT2D eigenvalue weighted by molar-refractivity contribution is -0.118. The minimum atomic E-state index is 0.107. The van der Waals surface area contributed by atoms with Gasteiger partial charge >= 0.3 is 0 Å². The lowest BCUT2D eigenvalue weighted by Gasteiger charge is -2.17. The minimum Gasteiger partial charge on any atom is -0.287 e. The average Bonchev–Trinajstić information content (AvgIpc) is 2.97. The number of carbonyl (C=O) groups excluding carboxylic acids is 1. The summed E-state index contributed by atoms with van der Waals surface area (Å²) in [6.07, 6.45) is 2.52. The van der Waals surface area contributed by atoms with Gasteiger partial charge in [-0.05, 0) is 19.4 Å². The van der Waals surface area contributed by atoms with Gasteiger partial charge in [0, 0.05) is 18.5 Å². The fourth-order valence-electron chi connectivity index (χ4n) is 2.05. The molecule has 0 radical (unpaired) electrons. The molecule has 0 saturated carbocycles. The fraction of sp³-hybridized carbons (Fsp3) is 0.438. The molecular weight excluding hydrogens is 282 g/mol. The summed E-state index contributed by atoms with van der Waals surface area (Å²) in [6, 6.07) is 8.18. The molecule has 4 nitrogen and oxygen atoms in total. The standard InChI is InChI=1S/C16H21N3OS/c1-4-6-10-19(14(20)5-2)16-18-17-15(21-16)13-9-7-8-12(3)11-13/h7-9,11H,4-6,10H2,1-3H3.